The predicted molar refractivity (Wildman–Crippen MR) is 61.8 cm³/mol. The monoisotopic (exact) mass is 247 g/mol. The lowest BCUT2D eigenvalue weighted by molar-refractivity contribution is -0.757. The Morgan fingerprint density at radius 1 is 1.24 bits per heavy atom. The summed E-state index contributed by atoms with van der Waals surface area (Å²) in [6, 6.07) is 0. The third-order valence-corrected chi connectivity index (χ3v) is 2.06. The van der Waals surface area contributed by atoms with E-state index in [1.807, 2.05) is 0 Å². The van der Waals surface area contributed by atoms with Crippen LogP contribution in [0.4, 0.5) is 0 Å². The van der Waals surface area contributed by atoms with Gasteiger partial charge in [-0.2, -0.15) is 0 Å². The van der Waals surface area contributed by atoms with Gasteiger partial charge in [0, 0.05) is 6.42 Å². The van der Waals surface area contributed by atoms with Crippen LogP contribution >= 0.6 is 0 Å². The van der Waals surface area contributed by atoms with Gasteiger partial charge < -0.3 is 9.57 Å². The van der Waals surface area contributed by atoms with E-state index in [0.717, 1.165) is 12.8 Å². The molecule has 0 N–H and O–H groups in total. The molecule has 0 amide bonds. The first-order valence-corrected chi connectivity index (χ1v) is 5.74. The van der Waals surface area contributed by atoms with Crippen molar-refractivity contribution >= 4 is 5.97 Å². The van der Waals surface area contributed by atoms with Crippen LogP contribution in [0.5, 0.6) is 0 Å². The van der Waals surface area contributed by atoms with Gasteiger partial charge in [0.15, 0.2) is 0 Å². The number of esters is 1. The fourth-order valence-electron chi connectivity index (χ4n) is 1.22. The molecule has 0 fully saturated rings. The minimum absolute atomic E-state index is 0.0654. The summed E-state index contributed by atoms with van der Waals surface area (Å²) in [4.78, 5) is 25.1. The molecule has 17 heavy (non-hydrogen) atoms. The second-order valence-corrected chi connectivity index (χ2v) is 5.05. The summed E-state index contributed by atoms with van der Waals surface area (Å²) in [5.74, 6) is -0.328. The third-order valence-electron chi connectivity index (χ3n) is 2.06. The molecule has 0 aliphatic heterocycles. The van der Waals surface area contributed by atoms with Crippen LogP contribution in [0, 0.1) is 15.5 Å². The van der Waals surface area contributed by atoms with Crippen LogP contribution < -0.4 is 0 Å². The van der Waals surface area contributed by atoms with Crippen molar-refractivity contribution in [1.82, 2.24) is 0 Å². The highest BCUT2D eigenvalue weighted by Crippen LogP contribution is 2.20. The maximum atomic E-state index is 11.2. The van der Waals surface area contributed by atoms with Gasteiger partial charge in [-0.25, -0.2) is 0 Å². The van der Waals surface area contributed by atoms with Crippen molar-refractivity contribution in [3.63, 3.8) is 0 Å². The SMILES string of the molecule is CC(C)(C)CCCOC(=O)CCCO[N+](=O)[O-]. The lowest BCUT2D eigenvalue weighted by Gasteiger charge is -2.17. The summed E-state index contributed by atoms with van der Waals surface area (Å²) in [6.07, 6.45) is 2.29. The highest BCUT2D eigenvalue weighted by atomic mass is 16.9. The van der Waals surface area contributed by atoms with Crippen molar-refractivity contribution in [3.05, 3.63) is 10.1 Å². The average molecular weight is 247 g/mol. The molecule has 0 aromatic carbocycles. The van der Waals surface area contributed by atoms with E-state index in [2.05, 4.69) is 25.6 Å². The van der Waals surface area contributed by atoms with E-state index in [4.69, 9.17) is 4.74 Å². The molecule has 0 atom stereocenters. The topological polar surface area (TPSA) is 78.7 Å². The summed E-state index contributed by atoms with van der Waals surface area (Å²) in [7, 11) is 0. The second kappa shape index (κ2) is 7.86. The van der Waals surface area contributed by atoms with Crippen LogP contribution in [0.2, 0.25) is 0 Å². The first kappa shape index (κ1) is 15.7. The van der Waals surface area contributed by atoms with Crippen LogP contribution in [0.25, 0.3) is 0 Å². The Bertz CT molecular complexity index is 247. The van der Waals surface area contributed by atoms with E-state index in [-0.39, 0.29) is 24.4 Å². The molecule has 0 rings (SSSR count). The van der Waals surface area contributed by atoms with Gasteiger partial charge >= 0.3 is 5.97 Å². The van der Waals surface area contributed by atoms with Gasteiger partial charge in [-0.05, 0) is 24.7 Å². The predicted octanol–water partition coefficient (Wildman–Crippen LogP) is 2.34. The summed E-state index contributed by atoms with van der Waals surface area (Å²) in [6.45, 7) is 6.73. The Hall–Kier alpha value is -1.33. The molecule has 0 spiro atoms. The number of hydrogen-bond acceptors (Lipinski definition) is 5. The Morgan fingerprint density at radius 3 is 2.41 bits per heavy atom. The van der Waals surface area contributed by atoms with E-state index < -0.39 is 5.09 Å². The van der Waals surface area contributed by atoms with E-state index >= 15 is 0 Å². The van der Waals surface area contributed by atoms with Crippen molar-refractivity contribution in [2.24, 2.45) is 5.41 Å². The Morgan fingerprint density at radius 2 is 1.88 bits per heavy atom. The minimum Gasteiger partial charge on any atom is -0.466 e. The molecular formula is C11H21NO5. The highest BCUT2D eigenvalue weighted by molar-refractivity contribution is 5.69. The number of rotatable bonds is 8. The fourth-order valence-corrected chi connectivity index (χ4v) is 1.22. The van der Waals surface area contributed by atoms with Crippen LogP contribution in [0.15, 0.2) is 0 Å². The first-order valence-electron chi connectivity index (χ1n) is 5.74. The van der Waals surface area contributed by atoms with Crippen molar-refractivity contribution in [2.45, 2.75) is 46.5 Å². The van der Waals surface area contributed by atoms with E-state index in [9.17, 15) is 14.9 Å². The Kier molecular flexibility index (Phi) is 7.25. The quantitative estimate of drug-likeness (QED) is 0.285. The molecule has 0 saturated carbocycles. The van der Waals surface area contributed by atoms with Gasteiger partial charge in [-0.3, -0.25) is 4.79 Å². The van der Waals surface area contributed by atoms with Gasteiger partial charge in [0.25, 0.3) is 5.09 Å². The largest absolute Gasteiger partial charge is 0.466 e. The molecule has 0 unspecified atom stereocenters. The second-order valence-electron chi connectivity index (χ2n) is 5.05. The molecule has 0 bridgehead atoms. The van der Waals surface area contributed by atoms with E-state index in [1.165, 1.54) is 0 Å². The van der Waals surface area contributed by atoms with Crippen LogP contribution in [0.3, 0.4) is 0 Å². The summed E-state index contributed by atoms with van der Waals surface area (Å²) < 4.78 is 4.98. The smallest absolute Gasteiger partial charge is 0.305 e. The molecule has 0 saturated heterocycles. The Labute approximate surface area is 101 Å². The first-order chi connectivity index (χ1) is 7.81. The van der Waals surface area contributed by atoms with Crippen molar-refractivity contribution in [1.29, 1.82) is 0 Å². The molecule has 0 heterocycles. The lowest BCUT2D eigenvalue weighted by atomic mass is 9.91. The lowest BCUT2D eigenvalue weighted by Crippen LogP contribution is -2.11. The molecule has 0 radical (unpaired) electrons. The molecule has 0 aromatic heterocycles. The molecule has 6 nitrogen and oxygen atoms in total. The number of hydrogen-bond donors (Lipinski definition) is 0. The highest BCUT2D eigenvalue weighted by Gasteiger charge is 2.10. The number of carbonyl (C=O) groups is 1. The fraction of sp³-hybridized carbons (Fsp3) is 0.909. The Balaban J connectivity index is 3.38. The maximum Gasteiger partial charge on any atom is 0.305 e. The standard InChI is InChI=1S/C11H21NO5/c1-11(2,3)7-5-8-16-10(13)6-4-9-17-12(14)15/h4-9H2,1-3H3. The van der Waals surface area contributed by atoms with Crippen LogP contribution in [-0.2, 0) is 14.4 Å². The van der Waals surface area contributed by atoms with Crippen LogP contribution in [0.1, 0.15) is 46.5 Å². The molecule has 100 valence electrons. The minimum atomic E-state index is -0.866. The van der Waals surface area contributed by atoms with Crippen molar-refractivity contribution < 1.29 is 19.5 Å². The third kappa shape index (κ3) is 12.6. The van der Waals surface area contributed by atoms with Crippen molar-refractivity contribution in [2.75, 3.05) is 13.2 Å². The molecular weight excluding hydrogens is 226 g/mol. The molecule has 0 aliphatic rings. The zero-order valence-corrected chi connectivity index (χ0v) is 10.7. The normalized spacial score (nSPS) is 11.0. The van der Waals surface area contributed by atoms with E-state index in [0.29, 0.717) is 13.0 Å². The summed E-state index contributed by atoms with van der Waals surface area (Å²) >= 11 is 0. The van der Waals surface area contributed by atoms with Gasteiger partial charge in [-0.15, -0.1) is 10.1 Å². The van der Waals surface area contributed by atoms with Crippen molar-refractivity contribution in [3.8, 4) is 0 Å². The van der Waals surface area contributed by atoms with Crippen LogP contribution in [-0.4, -0.2) is 24.3 Å². The van der Waals surface area contributed by atoms with Gasteiger partial charge in [-0.1, -0.05) is 20.8 Å². The molecule has 0 aliphatic carbocycles. The zero-order chi connectivity index (χ0) is 13.3. The molecule has 0 aromatic rings. The zero-order valence-electron chi connectivity index (χ0n) is 10.7. The van der Waals surface area contributed by atoms with E-state index in [1.54, 1.807) is 0 Å². The number of ether oxygens (including phenoxy) is 1. The summed E-state index contributed by atoms with van der Waals surface area (Å²) in [5, 5.41) is 8.95. The summed E-state index contributed by atoms with van der Waals surface area (Å²) in [5.41, 5.74) is 0.242. The maximum absolute atomic E-state index is 11.2. The molecule has 6 heteroatoms. The average Bonchev–Trinajstić information content (AvgIpc) is 2.18. The number of nitrogens with zero attached hydrogens (tertiary/aromatic N) is 1. The van der Waals surface area contributed by atoms with Gasteiger partial charge in [0.1, 0.15) is 0 Å². The van der Waals surface area contributed by atoms with Gasteiger partial charge in [0.05, 0.1) is 13.2 Å². The number of carbonyl (C=O) groups excluding carboxylic acids is 1. The van der Waals surface area contributed by atoms with Gasteiger partial charge in [0.2, 0.25) is 0 Å².